The molecule has 0 amide bonds. The SMILES string of the molecule is COC(=O)[C@]1(O)C[C@@H](OC(C)=O)[C@@H]2OC3(CCCCC3)O[C@@H]2[C@H]1O. The molecule has 0 aromatic carbocycles. The number of aliphatic hydroxyl groups excluding tert-OH is 1. The van der Waals surface area contributed by atoms with Gasteiger partial charge in [0.1, 0.15) is 24.4 Å². The molecule has 0 aromatic heterocycles. The standard InChI is InChI=1S/C16H24O8/c1-9(17)22-10-8-16(20,14(19)21-2)13(18)12-11(10)23-15(24-12)6-4-3-5-7-15/h10-13,18,20H,3-8H2,1-2H3/t10-,11+,12+,13-,16+/m1/s1. The topological polar surface area (TPSA) is 112 Å². The Bertz CT molecular complexity index is 514. The van der Waals surface area contributed by atoms with Crippen LogP contribution in [0.1, 0.15) is 45.4 Å². The third-order valence-corrected chi connectivity index (χ3v) is 5.18. The number of methoxy groups -OCH3 is 1. The van der Waals surface area contributed by atoms with Crippen molar-refractivity contribution in [2.75, 3.05) is 7.11 Å². The Hall–Kier alpha value is -1.22. The molecular weight excluding hydrogens is 320 g/mol. The molecule has 2 N–H and O–H groups in total. The minimum absolute atomic E-state index is 0.305. The summed E-state index contributed by atoms with van der Waals surface area (Å²) in [5, 5.41) is 21.2. The average Bonchev–Trinajstić information content (AvgIpc) is 2.91. The van der Waals surface area contributed by atoms with Gasteiger partial charge in [0.2, 0.25) is 0 Å². The van der Waals surface area contributed by atoms with E-state index in [1.807, 2.05) is 0 Å². The maximum absolute atomic E-state index is 12.0. The Labute approximate surface area is 140 Å². The van der Waals surface area contributed by atoms with E-state index in [1.165, 1.54) is 6.92 Å². The van der Waals surface area contributed by atoms with Crippen LogP contribution in [0.3, 0.4) is 0 Å². The van der Waals surface area contributed by atoms with Crippen molar-refractivity contribution in [1.29, 1.82) is 0 Å². The summed E-state index contributed by atoms with van der Waals surface area (Å²) in [6.45, 7) is 1.24. The molecule has 3 fully saturated rings. The maximum atomic E-state index is 12.0. The van der Waals surface area contributed by atoms with Crippen LogP contribution in [0.4, 0.5) is 0 Å². The zero-order chi connectivity index (χ0) is 17.5. The molecular formula is C16H24O8. The smallest absolute Gasteiger partial charge is 0.340 e. The van der Waals surface area contributed by atoms with Crippen LogP contribution >= 0.6 is 0 Å². The normalized spacial score (nSPS) is 40.8. The van der Waals surface area contributed by atoms with Gasteiger partial charge in [-0.3, -0.25) is 4.79 Å². The number of rotatable bonds is 2. The van der Waals surface area contributed by atoms with Gasteiger partial charge in [-0.1, -0.05) is 6.42 Å². The zero-order valence-corrected chi connectivity index (χ0v) is 13.9. The predicted molar refractivity (Wildman–Crippen MR) is 78.7 cm³/mol. The van der Waals surface area contributed by atoms with Crippen molar-refractivity contribution >= 4 is 11.9 Å². The van der Waals surface area contributed by atoms with Gasteiger partial charge in [0.25, 0.3) is 0 Å². The molecule has 1 spiro atoms. The molecule has 24 heavy (non-hydrogen) atoms. The minimum atomic E-state index is -2.21. The van der Waals surface area contributed by atoms with Gasteiger partial charge in [0.05, 0.1) is 7.11 Å². The molecule has 136 valence electrons. The van der Waals surface area contributed by atoms with E-state index < -0.39 is 47.7 Å². The zero-order valence-electron chi connectivity index (χ0n) is 13.9. The lowest BCUT2D eigenvalue weighted by atomic mass is 9.77. The first kappa shape index (κ1) is 17.6. The maximum Gasteiger partial charge on any atom is 0.340 e. The van der Waals surface area contributed by atoms with E-state index in [1.54, 1.807) is 0 Å². The van der Waals surface area contributed by atoms with E-state index in [-0.39, 0.29) is 6.42 Å². The number of esters is 2. The van der Waals surface area contributed by atoms with Crippen LogP contribution < -0.4 is 0 Å². The fourth-order valence-electron chi connectivity index (χ4n) is 4.03. The number of carbonyl (C=O) groups excluding carboxylic acids is 2. The molecule has 0 aromatic rings. The van der Waals surface area contributed by atoms with Gasteiger partial charge < -0.3 is 29.2 Å². The van der Waals surface area contributed by atoms with Crippen LogP contribution in [0.25, 0.3) is 0 Å². The second-order valence-corrected chi connectivity index (χ2v) is 6.85. The first-order valence-corrected chi connectivity index (χ1v) is 8.33. The van der Waals surface area contributed by atoms with Gasteiger partial charge in [-0.2, -0.15) is 0 Å². The fraction of sp³-hybridized carbons (Fsp3) is 0.875. The Morgan fingerprint density at radius 2 is 1.75 bits per heavy atom. The van der Waals surface area contributed by atoms with Gasteiger partial charge in [-0.25, -0.2) is 4.79 Å². The molecule has 1 heterocycles. The highest BCUT2D eigenvalue weighted by atomic mass is 16.8. The van der Waals surface area contributed by atoms with E-state index >= 15 is 0 Å². The predicted octanol–water partition coefficient (Wildman–Crippen LogP) is 0.0312. The van der Waals surface area contributed by atoms with E-state index in [2.05, 4.69) is 4.74 Å². The van der Waals surface area contributed by atoms with Crippen molar-refractivity contribution in [3.05, 3.63) is 0 Å². The Morgan fingerprint density at radius 1 is 1.12 bits per heavy atom. The van der Waals surface area contributed by atoms with Crippen LogP contribution in [0.15, 0.2) is 0 Å². The molecule has 0 radical (unpaired) electrons. The van der Waals surface area contributed by atoms with Crippen LogP contribution in [0.5, 0.6) is 0 Å². The van der Waals surface area contributed by atoms with Crippen molar-refractivity contribution < 1.29 is 38.7 Å². The molecule has 2 aliphatic carbocycles. The summed E-state index contributed by atoms with van der Waals surface area (Å²) >= 11 is 0. The van der Waals surface area contributed by atoms with E-state index in [0.717, 1.165) is 26.4 Å². The minimum Gasteiger partial charge on any atom is -0.467 e. The van der Waals surface area contributed by atoms with Crippen molar-refractivity contribution in [2.45, 2.75) is 81.3 Å². The van der Waals surface area contributed by atoms with Gasteiger partial charge in [0, 0.05) is 26.2 Å². The Kier molecular flexibility index (Phi) is 4.59. The highest BCUT2D eigenvalue weighted by Crippen LogP contribution is 2.47. The monoisotopic (exact) mass is 344 g/mol. The first-order valence-electron chi connectivity index (χ1n) is 8.33. The molecule has 2 saturated carbocycles. The van der Waals surface area contributed by atoms with Crippen molar-refractivity contribution in [1.82, 2.24) is 0 Å². The highest BCUT2D eigenvalue weighted by Gasteiger charge is 2.65. The molecule has 8 nitrogen and oxygen atoms in total. The third-order valence-electron chi connectivity index (χ3n) is 5.18. The number of carbonyl (C=O) groups is 2. The number of ether oxygens (including phenoxy) is 4. The molecule has 8 heteroatoms. The second kappa shape index (κ2) is 6.25. The number of hydrogen-bond donors (Lipinski definition) is 2. The van der Waals surface area contributed by atoms with Gasteiger partial charge in [0.15, 0.2) is 11.4 Å². The largest absolute Gasteiger partial charge is 0.467 e. The van der Waals surface area contributed by atoms with Crippen LogP contribution in [-0.2, 0) is 28.5 Å². The van der Waals surface area contributed by atoms with Crippen LogP contribution in [-0.4, -0.2) is 65.1 Å². The highest BCUT2D eigenvalue weighted by molar-refractivity contribution is 5.80. The molecule has 0 unspecified atom stereocenters. The average molecular weight is 344 g/mol. The van der Waals surface area contributed by atoms with Crippen molar-refractivity contribution in [3.63, 3.8) is 0 Å². The lowest BCUT2D eigenvalue weighted by Gasteiger charge is -2.42. The summed E-state index contributed by atoms with van der Waals surface area (Å²) in [6, 6.07) is 0. The lowest BCUT2D eigenvalue weighted by molar-refractivity contribution is -0.218. The summed E-state index contributed by atoms with van der Waals surface area (Å²) in [4.78, 5) is 23.4. The quantitative estimate of drug-likeness (QED) is 0.675. The number of fused-ring (bicyclic) bond motifs is 1. The third kappa shape index (κ3) is 2.81. The summed E-state index contributed by atoms with van der Waals surface area (Å²) in [5.74, 6) is -2.40. The van der Waals surface area contributed by atoms with Crippen molar-refractivity contribution in [3.8, 4) is 0 Å². The molecule has 0 bridgehead atoms. The van der Waals surface area contributed by atoms with E-state index in [4.69, 9.17) is 14.2 Å². The molecule has 1 aliphatic heterocycles. The summed E-state index contributed by atoms with van der Waals surface area (Å²) in [5.41, 5.74) is -2.21. The van der Waals surface area contributed by atoms with Gasteiger partial charge in [-0.15, -0.1) is 0 Å². The van der Waals surface area contributed by atoms with Crippen LogP contribution in [0, 0.1) is 0 Å². The van der Waals surface area contributed by atoms with Gasteiger partial charge in [-0.05, 0) is 12.8 Å². The first-order chi connectivity index (χ1) is 11.3. The van der Waals surface area contributed by atoms with Crippen molar-refractivity contribution in [2.24, 2.45) is 0 Å². The Balaban J connectivity index is 1.90. The lowest BCUT2D eigenvalue weighted by Crippen LogP contribution is -2.65. The second-order valence-electron chi connectivity index (χ2n) is 6.85. The fourth-order valence-corrected chi connectivity index (χ4v) is 4.03. The molecule has 5 atom stereocenters. The molecule has 3 rings (SSSR count). The molecule has 3 aliphatic rings. The van der Waals surface area contributed by atoms with E-state index in [0.29, 0.717) is 12.8 Å². The number of aliphatic hydroxyl groups is 2. The summed E-state index contributed by atoms with van der Waals surface area (Å²) < 4.78 is 21.9. The summed E-state index contributed by atoms with van der Waals surface area (Å²) in [7, 11) is 1.12. The van der Waals surface area contributed by atoms with E-state index in [9.17, 15) is 19.8 Å². The number of hydrogen-bond acceptors (Lipinski definition) is 8. The van der Waals surface area contributed by atoms with Gasteiger partial charge >= 0.3 is 11.9 Å². The molecule has 1 saturated heterocycles. The Morgan fingerprint density at radius 3 is 2.33 bits per heavy atom. The summed E-state index contributed by atoms with van der Waals surface area (Å²) in [6.07, 6.45) is -0.176. The van der Waals surface area contributed by atoms with Crippen LogP contribution in [0.2, 0.25) is 0 Å².